The van der Waals surface area contributed by atoms with Gasteiger partial charge in [-0.15, -0.1) is 11.8 Å². The lowest BCUT2D eigenvalue weighted by atomic mass is 10.3. The number of hydrogen-bond donors (Lipinski definition) is 1. The number of carbonyl (C=O) groups is 2. The third-order valence-corrected chi connectivity index (χ3v) is 1.83. The Balaban J connectivity index is 3.85. The minimum atomic E-state index is -1.12. The number of thioether (sulfide) groups is 1. The summed E-state index contributed by atoms with van der Waals surface area (Å²) in [7, 11) is 0. The molecule has 1 N–H and O–H groups in total. The molecular formula is C7H12O4S. The fourth-order valence-corrected chi connectivity index (χ4v) is 0.987. The van der Waals surface area contributed by atoms with Crippen LogP contribution >= 0.6 is 11.8 Å². The van der Waals surface area contributed by atoms with Crippen molar-refractivity contribution in [1.82, 2.24) is 0 Å². The van der Waals surface area contributed by atoms with Crippen LogP contribution in [0.4, 0.5) is 0 Å². The van der Waals surface area contributed by atoms with Crippen LogP contribution in [0.2, 0.25) is 0 Å². The molecule has 1 atom stereocenters. The summed E-state index contributed by atoms with van der Waals surface area (Å²) in [5.74, 6) is -1.58. The molecule has 0 rings (SSSR count). The summed E-state index contributed by atoms with van der Waals surface area (Å²) in [6.07, 6.45) is 2.52. The second-order valence-electron chi connectivity index (χ2n) is 2.15. The maximum absolute atomic E-state index is 10.8. The van der Waals surface area contributed by atoms with Gasteiger partial charge in [0, 0.05) is 6.42 Å². The Bertz CT molecular complexity index is 169. The minimum absolute atomic E-state index is 0.268. The number of rotatable bonds is 5. The lowest BCUT2D eigenvalue weighted by Crippen LogP contribution is -2.23. The van der Waals surface area contributed by atoms with Crippen molar-refractivity contribution in [3.8, 4) is 0 Å². The summed E-state index contributed by atoms with van der Waals surface area (Å²) in [4.78, 5) is 21.2. The van der Waals surface area contributed by atoms with Gasteiger partial charge in [-0.25, -0.2) is 4.79 Å². The summed E-state index contributed by atoms with van der Waals surface area (Å²) >= 11 is 0.990. The highest BCUT2D eigenvalue weighted by Crippen LogP contribution is 2.09. The fourth-order valence-electron chi connectivity index (χ4n) is 0.582. The van der Waals surface area contributed by atoms with Gasteiger partial charge in [-0.2, -0.15) is 0 Å². The van der Waals surface area contributed by atoms with E-state index in [-0.39, 0.29) is 6.42 Å². The molecule has 5 heteroatoms. The Kier molecular flexibility index (Phi) is 5.53. The summed E-state index contributed by atoms with van der Waals surface area (Å²) in [5, 5.41) is 8.49. The lowest BCUT2D eigenvalue weighted by molar-refractivity contribution is -0.157. The predicted octanol–water partition coefficient (Wildman–Crippen LogP) is 1.10. The normalized spacial score (nSPS) is 12.2. The summed E-state index contributed by atoms with van der Waals surface area (Å²) < 4.78 is 4.63. The van der Waals surface area contributed by atoms with Crippen LogP contribution in [0.1, 0.15) is 19.8 Å². The molecule has 0 aromatic carbocycles. The molecule has 0 bridgehead atoms. The molecule has 70 valence electrons. The average Bonchev–Trinajstić information content (AvgIpc) is 2.00. The van der Waals surface area contributed by atoms with E-state index in [2.05, 4.69) is 4.74 Å². The number of aliphatic carboxylic acids is 1. The summed E-state index contributed by atoms with van der Waals surface area (Å²) in [6.45, 7) is 1.83. The highest BCUT2D eigenvalue weighted by Gasteiger charge is 2.19. The van der Waals surface area contributed by atoms with Gasteiger partial charge < -0.3 is 9.84 Å². The van der Waals surface area contributed by atoms with Crippen LogP contribution in [0.15, 0.2) is 0 Å². The van der Waals surface area contributed by atoms with E-state index < -0.39 is 17.4 Å². The summed E-state index contributed by atoms with van der Waals surface area (Å²) in [5.41, 5.74) is -1.07. The minimum Gasteiger partial charge on any atom is -0.478 e. The van der Waals surface area contributed by atoms with Crippen molar-refractivity contribution in [3.63, 3.8) is 0 Å². The van der Waals surface area contributed by atoms with Gasteiger partial charge in [0.2, 0.25) is 5.44 Å². The zero-order valence-electron chi connectivity index (χ0n) is 7.07. The molecule has 0 aromatic heterocycles. The van der Waals surface area contributed by atoms with Gasteiger partial charge in [-0.3, -0.25) is 4.79 Å². The van der Waals surface area contributed by atoms with Crippen LogP contribution in [0.25, 0.3) is 0 Å². The molecule has 0 amide bonds. The van der Waals surface area contributed by atoms with Gasteiger partial charge in [0.1, 0.15) is 0 Å². The van der Waals surface area contributed by atoms with Gasteiger partial charge in [0.15, 0.2) is 0 Å². The van der Waals surface area contributed by atoms with Crippen LogP contribution in [0.5, 0.6) is 0 Å². The highest BCUT2D eigenvalue weighted by molar-refractivity contribution is 7.99. The first-order valence-corrected chi connectivity index (χ1v) is 4.85. The Hall–Kier alpha value is -0.710. The third kappa shape index (κ3) is 4.23. The average molecular weight is 192 g/mol. The van der Waals surface area contributed by atoms with E-state index in [4.69, 9.17) is 5.11 Å². The zero-order valence-corrected chi connectivity index (χ0v) is 7.89. The number of carboxylic acids is 1. The SMILES string of the molecule is CCCC(=O)OC(SC)C(=O)O. The number of ether oxygens (including phenoxy) is 1. The maximum Gasteiger partial charge on any atom is 0.355 e. The molecule has 0 aliphatic rings. The van der Waals surface area contributed by atoms with E-state index in [1.54, 1.807) is 6.26 Å². The first-order chi connectivity index (χ1) is 5.61. The monoisotopic (exact) mass is 192 g/mol. The van der Waals surface area contributed by atoms with Gasteiger partial charge in [0.05, 0.1) is 0 Å². The Morgan fingerprint density at radius 2 is 2.17 bits per heavy atom. The smallest absolute Gasteiger partial charge is 0.355 e. The maximum atomic E-state index is 10.8. The van der Waals surface area contributed by atoms with Gasteiger partial charge >= 0.3 is 11.9 Å². The first kappa shape index (κ1) is 11.3. The molecule has 0 aromatic rings. The third-order valence-electron chi connectivity index (χ3n) is 1.11. The standard InChI is InChI=1S/C7H12O4S/c1-3-4-5(8)11-7(12-2)6(9)10/h7H,3-4H2,1-2H3,(H,9,10). The molecule has 0 saturated heterocycles. The van der Waals surface area contributed by atoms with E-state index in [0.717, 1.165) is 11.8 Å². The molecule has 1 unspecified atom stereocenters. The first-order valence-electron chi connectivity index (χ1n) is 3.56. The zero-order chi connectivity index (χ0) is 9.56. The molecule has 4 nitrogen and oxygen atoms in total. The van der Waals surface area contributed by atoms with E-state index >= 15 is 0 Å². The van der Waals surface area contributed by atoms with Gasteiger partial charge in [0.25, 0.3) is 0 Å². The molecule has 0 saturated carbocycles. The van der Waals surface area contributed by atoms with Crippen LogP contribution in [-0.4, -0.2) is 28.7 Å². The van der Waals surface area contributed by atoms with Crippen LogP contribution in [0, 0.1) is 0 Å². The molecule has 0 aliphatic heterocycles. The van der Waals surface area contributed by atoms with Gasteiger partial charge in [-0.05, 0) is 12.7 Å². The molecule has 12 heavy (non-hydrogen) atoms. The van der Waals surface area contributed by atoms with E-state index in [1.807, 2.05) is 6.92 Å². The van der Waals surface area contributed by atoms with E-state index in [0.29, 0.717) is 6.42 Å². The van der Waals surface area contributed by atoms with Crippen molar-refractivity contribution in [2.75, 3.05) is 6.26 Å². The predicted molar refractivity (Wildman–Crippen MR) is 45.9 cm³/mol. The number of carbonyl (C=O) groups excluding carboxylic acids is 1. The van der Waals surface area contributed by atoms with Crippen molar-refractivity contribution in [1.29, 1.82) is 0 Å². The fraction of sp³-hybridized carbons (Fsp3) is 0.714. The Morgan fingerprint density at radius 1 is 1.58 bits per heavy atom. The van der Waals surface area contributed by atoms with Crippen LogP contribution < -0.4 is 0 Å². The largest absolute Gasteiger partial charge is 0.478 e. The van der Waals surface area contributed by atoms with Gasteiger partial charge in [-0.1, -0.05) is 6.92 Å². The molecule has 0 heterocycles. The highest BCUT2D eigenvalue weighted by atomic mass is 32.2. The lowest BCUT2D eigenvalue weighted by Gasteiger charge is -2.09. The second-order valence-corrected chi connectivity index (χ2v) is 3.05. The van der Waals surface area contributed by atoms with Crippen molar-refractivity contribution < 1.29 is 19.4 Å². The number of carboxylic acid groups (broad SMARTS) is 1. The molecule has 0 radical (unpaired) electrons. The Labute approximate surface area is 75.3 Å². The van der Waals surface area contributed by atoms with Crippen LogP contribution in [-0.2, 0) is 14.3 Å². The molecule has 0 fully saturated rings. The topological polar surface area (TPSA) is 63.6 Å². The van der Waals surface area contributed by atoms with E-state index in [1.165, 1.54) is 0 Å². The van der Waals surface area contributed by atoms with Crippen molar-refractivity contribution in [2.24, 2.45) is 0 Å². The second kappa shape index (κ2) is 5.88. The molecular weight excluding hydrogens is 180 g/mol. The molecule has 0 spiro atoms. The van der Waals surface area contributed by atoms with Crippen molar-refractivity contribution in [2.45, 2.75) is 25.2 Å². The number of esters is 1. The Morgan fingerprint density at radius 3 is 2.50 bits per heavy atom. The quantitative estimate of drug-likeness (QED) is 0.522. The number of hydrogen-bond acceptors (Lipinski definition) is 4. The van der Waals surface area contributed by atoms with Crippen molar-refractivity contribution in [3.05, 3.63) is 0 Å². The molecule has 0 aliphatic carbocycles. The van der Waals surface area contributed by atoms with Crippen molar-refractivity contribution >= 4 is 23.7 Å². The van der Waals surface area contributed by atoms with Crippen LogP contribution in [0.3, 0.4) is 0 Å². The van der Waals surface area contributed by atoms with E-state index in [9.17, 15) is 9.59 Å². The summed E-state index contributed by atoms with van der Waals surface area (Å²) in [6, 6.07) is 0.